The number of unbranched alkanes of at least 4 members (excludes halogenated alkanes) is 1. The van der Waals surface area contributed by atoms with Gasteiger partial charge in [-0.1, -0.05) is 37.1 Å². The van der Waals surface area contributed by atoms with E-state index in [1.54, 1.807) is 31.1 Å². The van der Waals surface area contributed by atoms with Crippen LogP contribution in [-0.2, 0) is 16.1 Å². The van der Waals surface area contributed by atoms with Gasteiger partial charge >= 0.3 is 0 Å². The molecule has 0 fully saturated rings. The van der Waals surface area contributed by atoms with Crippen molar-refractivity contribution in [1.82, 2.24) is 10.2 Å². The first-order valence-corrected chi connectivity index (χ1v) is 11.4. The van der Waals surface area contributed by atoms with Gasteiger partial charge in [-0.2, -0.15) is 0 Å². The van der Waals surface area contributed by atoms with E-state index < -0.39 is 6.04 Å². The van der Waals surface area contributed by atoms with Crippen LogP contribution in [0.3, 0.4) is 0 Å². The first-order valence-electron chi connectivity index (χ1n) is 10.0. The van der Waals surface area contributed by atoms with Gasteiger partial charge in [-0.3, -0.25) is 9.59 Å². The summed E-state index contributed by atoms with van der Waals surface area (Å²) in [5.74, 6) is 0.760. The number of nitrogens with one attached hydrogen (secondary N) is 1. The normalized spacial score (nSPS) is 11.6. The summed E-state index contributed by atoms with van der Waals surface area (Å²) >= 11 is 7.36. The quantitative estimate of drug-likeness (QED) is 0.397. The average molecular weight is 449 g/mol. The first-order chi connectivity index (χ1) is 14.4. The Hall–Kier alpha value is -2.18. The minimum Gasteiger partial charge on any atom is -0.497 e. The number of carbonyl (C=O) groups excluding carboxylic acids is 2. The molecule has 2 aromatic rings. The van der Waals surface area contributed by atoms with Crippen LogP contribution in [0.25, 0.3) is 0 Å². The van der Waals surface area contributed by atoms with Crippen molar-refractivity contribution in [2.24, 2.45) is 0 Å². The molecule has 0 radical (unpaired) electrons. The van der Waals surface area contributed by atoms with Gasteiger partial charge in [0.2, 0.25) is 11.8 Å². The SMILES string of the molecule is CCCCNC(=O)[C@H](C)N(Cc1ccc(OC)cc1)C(=O)CSc1ccc(Cl)cc1. The van der Waals surface area contributed by atoms with Gasteiger partial charge in [-0.15, -0.1) is 11.8 Å². The topological polar surface area (TPSA) is 58.6 Å². The van der Waals surface area contributed by atoms with Gasteiger partial charge in [0.15, 0.2) is 0 Å². The summed E-state index contributed by atoms with van der Waals surface area (Å²) in [6.45, 7) is 4.81. The van der Waals surface area contributed by atoms with E-state index in [0.717, 1.165) is 29.1 Å². The van der Waals surface area contributed by atoms with Gasteiger partial charge in [0, 0.05) is 23.0 Å². The zero-order valence-electron chi connectivity index (χ0n) is 17.7. The maximum atomic E-state index is 13.1. The van der Waals surface area contributed by atoms with Crippen LogP contribution in [0.15, 0.2) is 53.4 Å². The number of nitrogens with zero attached hydrogens (tertiary/aromatic N) is 1. The van der Waals surface area contributed by atoms with Gasteiger partial charge in [0.05, 0.1) is 12.9 Å². The van der Waals surface area contributed by atoms with Crippen molar-refractivity contribution < 1.29 is 14.3 Å². The summed E-state index contributed by atoms with van der Waals surface area (Å²) < 4.78 is 5.20. The third kappa shape index (κ3) is 7.58. The fraction of sp³-hybridized carbons (Fsp3) is 0.391. The van der Waals surface area contributed by atoms with E-state index in [1.807, 2.05) is 36.4 Å². The molecule has 0 aliphatic carbocycles. The molecule has 0 saturated carbocycles. The predicted molar refractivity (Wildman–Crippen MR) is 123 cm³/mol. The number of carbonyl (C=O) groups is 2. The fourth-order valence-electron chi connectivity index (χ4n) is 2.81. The Bertz CT molecular complexity index is 812. The molecule has 0 spiro atoms. The molecular formula is C23H29ClN2O3S. The van der Waals surface area contributed by atoms with Crippen LogP contribution >= 0.6 is 23.4 Å². The summed E-state index contributed by atoms with van der Waals surface area (Å²) in [7, 11) is 1.61. The van der Waals surface area contributed by atoms with Crippen molar-refractivity contribution >= 4 is 35.2 Å². The van der Waals surface area contributed by atoms with E-state index in [2.05, 4.69) is 12.2 Å². The third-order valence-electron chi connectivity index (χ3n) is 4.68. The van der Waals surface area contributed by atoms with Gasteiger partial charge < -0.3 is 15.0 Å². The van der Waals surface area contributed by atoms with Crippen LogP contribution in [-0.4, -0.2) is 42.2 Å². The van der Waals surface area contributed by atoms with E-state index >= 15 is 0 Å². The smallest absolute Gasteiger partial charge is 0.242 e. The molecule has 162 valence electrons. The van der Waals surface area contributed by atoms with Crippen molar-refractivity contribution in [3.8, 4) is 5.75 Å². The molecule has 2 amide bonds. The number of amides is 2. The highest BCUT2D eigenvalue weighted by molar-refractivity contribution is 8.00. The first kappa shape index (κ1) is 24.1. The minimum atomic E-state index is -0.567. The Morgan fingerprint density at radius 3 is 2.40 bits per heavy atom. The molecule has 0 aliphatic rings. The Kier molecular flexibility index (Phi) is 10.0. The minimum absolute atomic E-state index is 0.0936. The largest absolute Gasteiger partial charge is 0.497 e. The van der Waals surface area contributed by atoms with Gasteiger partial charge in [0.25, 0.3) is 0 Å². The van der Waals surface area contributed by atoms with Crippen LogP contribution in [0.2, 0.25) is 5.02 Å². The van der Waals surface area contributed by atoms with Crippen molar-refractivity contribution in [1.29, 1.82) is 0 Å². The highest BCUT2D eigenvalue weighted by atomic mass is 35.5. The van der Waals surface area contributed by atoms with Crippen LogP contribution in [0.5, 0.6) is 5.75 Å². The van der Waals surface area contributed by atoms with E-state index in [1.165, 1.54) is 11.8 Å². The lowest BCUT2D eigenvalue weighted by atomic mass is 10.1. The lowest BCUT2D eigenvalue weighted by Crippen LogP contribution is -2.48. The zero-order chi connectivity index (χ0) is 21.9. The van der Waals surface area contributed by atoms with Gasteiger partial charge in [0.1, 0.15) is 11.8 Å². The molecule has 0 unspecified atom stereocenters. The molecule has 0 bridgehead atoms. The van der Waals surface area contributed by atoms with Crippen molar-refractivity contribution in [2.75, 3.05) is 19.4 Å². The second kappa shape index (κ2) is 12.5. The van der Waals surface area contributed by atoms with Crippen molar-refractivity contribution in [3.63, 3.8) is 0 Å². The van der Waals surface area contributed by atoms with Crippen LogP contribution in [0.4, 0.5) is 0 Å². The number of benzene rings is 2. The highest BCUT2D eigenvalue weighted by Crippen LogP contribution is 2.22. The monoisotopic (exact) mass is 448 g/mol. The molecule has 0 saturated heterocycles. The lowest BCUT2D eigenvalue weighted by molar-refractivity contribution is -0.138. The highest BCUT2D eigenvalue weighted by Gasteiger charge is 2.26. The summed E-state index contributed by atoms with van der Waals surface area (Å²) in [5.41, 5.74) is 0.939. The van der Waals surface area contributed by atoms with Crippen molar-refractivity contribution in [2.45, 2.75) is 44.2 Å². The molecular weight excluding hydrogens is 420 g/mol. The number of halogens is 1. The van der Waals surface area contributed by atoms with E-state index in [-0.39, 0.29) is 17.6 Å². The molecule has 0 aliphatic heterocycles. The third-order valence-corrected chi connectivity index (χ3v) is 5.93. The van der Waals surface area contributed by atoms with E-state index in [9.17, 15) is 9.59 Å². The zero-order valence-corrected chi connectivity index (χ0v) is 19.3. The molecule has 2 rings (SSSR count). The average Bonchev–Trinajstić information content (AvgIpc) is 2.77. The molecule has 5 nitrogen and oxygen atoms in total. The fourth-order valence-corrected chi connectivity index (χ4v) is 3.72. The maximum Gasteiger partial charge on any atom is 0.242 e. The molecule has 30 heavy (non-hydrogen) atoms. The molecule has 7 heteroatoms. The van der Waals surface area contributed by atoms with Crippen LogP contribution < -0.4 is 10.1 Å². The Labute approximate surface area is 188 Å². The number of hydrogen-bond donors (Lipinski definition) is 1. The molecule has 2 aromatic carbocycles. The summed E-state index contributed by atoms with van der Waals surface area (Å²) in [6, 6.07) is 14.3. The Balaban J connectivity index is 2.10. The number of rotatable bonds is 11. The number of hydrogen-bond acceptors (Lipinski definition) is 4. The Morgan fingerprint density at radius 2 is 1.80 bits per heavy atom. The molecule has 1 N–H and O–H groups in total. The second-order valence-electron chi connectivity index (χ2n) is 6.93. The summed E-state index contributed by atoms with van der Waals surface area (Å²) in [5, 5.41) is 3.59. The van der Waals surface area contributed by atoms with Gasteiger partial charge in [-0.05, 0) is 55.3 Å². The molecule has 0 heterocycles. The standard InChI is InChI=1S/C23H29ClN2O3S/c1-4-5-14-25-23(28)17(2)26(15-18-6-10-20(29-3)11-7-18)22(27)16-30-21-12-8-19(24)9-13-21/h6-13,17H,4-5,14-16H2,1-3H3,(H,25,28)/t17-/m0/s1. The van der Waals surface area contributed by atoms with E-state index in [0.29, 0.717) is 18.1 Å². The number of ether oxygens (including phenoxy) is 1. The lowest BCUT2D eigenvalue weighted by Gasteiger charge is -2.29. The predicted octanol–water partition coefficient (Wildman–Crippen LogP) is 4.77. The van der Waals surface area contributed by atoms with E-state index in [4.69, 9.17) is 16.3 Å². The second-order valence-corrected chi connectivity index (χ2v) is 8.42. The summed E-state index contributed by atoms with van der Waals surface area (Å²) in [6.07, 6.45) is 1.91. The Morgan fingerprint density at radius 1 is 1.13 bits per heavy atom. The van der Waals surface area contributed by atoms with Gasteiger partial charge in [-0.25, -0.2) is 0 Å². The summed E-state index contributed by atoms with van der Waals surface area (Å²) in [4.78, 5) is 28.3. The van der Waals surface area contributed by atoms with Crippen LogP contribution in [0.1, 0.15) is 32.3 Å². The molecule has 1 atom stereocenters. The number of methoxy groups -OCH3 is 1. The maximum absolute atomic E-state index is 13.1. The molecule has 0 aromatic heterocycles. The number of thioether (sulfide) groups is 1. The van der Waals surface area contributed by atoms with Crippen LogP contribution in [0, 0.1) is 0 Å². The van der Waals surface area contributed by atoms with Crippen molar-refractivity contribution in [3.05, 3.63) is 59.1 Å².